The van der Waals surface area contributed by atoms with Crippen molar-refractivity contribution in [3.63, 3.8) is 0 Å². The number of sulfone groups is 4. The number of esters is 2. The Labute approximate surface area is 687 Å². The van der Waals surface area contributed by atoms with Gasteiger partial charge >= 0.3 is 126 Å². The molecule has 0 bridgehead atoms. The SMILES string of the molecule is CC(=CCS(=O)(=O)c1ccc(C)cc1)CC(C1=C(C)CCCC1(C)C)S(=O)(=O)c1ccc(C)cc1.CC(=O)OCC=C(C)CBr.CC(=O)OCC=C(C)CC(C=C(C)CC(C1=C(C)CCCC1(C)C)S(=O)(=O)c1ccc(C)cc1)S(=O)(=O)c1ccc(C)cc1.II.[I][V]([I])[I].[I][V][I]. The third-order valence-corrected chi connectivity index (χ3v) is 25.3. The van der Waals surface area contributed by atoms with E-state index in [0.29, 0.717) is 26.5 Å². The minimum absolute atomic E-state index is 0.0561. The molecule has 4 aromatic carbocycles. The van der Waals surface area contributed by atoms with Crippen LogP contribution in [0.2, 0.25) is 0 Å². The van der Waals surface area contributed by atoms with Crippen molar-refractivity contribution in [3.8, 4) is 0 Å². The van der Waals surface area contributed by atoms with Gasteiger partial charge in [-0.1, -0.05) is 160 Å². The molecule has 0 fully saturated rings. The summed E-state index contributed by atoms with van der Waals surface area (Å²) in [6.45, 7) is 30.9. The van der Waals surface area contributed by atoms with Crippen molar-refractivity contribution in [1.82, 2.24) is 0 Å². The Balaban J connectivity index is 0.000000786. The second-order valence-electron chi connectivity index (χ2n) is 25.8. The van der Waals surface area contributed by atoms with Gasteiger partial charge in [-0.05, 0) is 210 Å². The monoisotopic (exact) mass is 2350 g/mol. The molecular weight excluding hydrogens is 2260 g/mol. The van der Waals surface area contributed by atoms with Crippen LogP contribution in [0.25, 0.3) is 0 Å². The number of carbonyl (C=O) groups is 2. The van der Waals surface area contributed by atoms with Gasteiger partial charge in [-0.15, -0.1) is 0 Å². The number of hydrogen-bond acceptors (Lipinski definition) is 12. The molecule has 26 heteroatoms. The van der Waals surface area contributed by atoms with Crippen LogP contribution in [-0.4, -0.2) is 85.7 Å². The number of carbonyl (C=O) groups excluding carboxylic acids is 2. The van der Waals surface area contributed by atoms with E-state index in [-0.39, 0.29) is 68.0 Å². The van der Waals surface area contributed by atoms with Crippen molar-refractivity contribution < 1.29 is 67.1 Å². The van der Waals surface area contributed by atoms with Crippen LogP contribution < -0.4 is 0 Å². The van der Waals surface area contributed by atoms with Crippen molar-refractivity contribution >= 4 is 204 Å². The zero-order valence-corrected chi connectivity index (χ0v) is 81.7. The van der Waals surface area contributed by atoms with Crippen LogP contribution in [0.15, 0.2) is 186 Å². The van der Waals surface area contributed by atoms with E-state index in [1.165, 1.54) is 19.4 Å². The second kappa shape index (κ2) is 47.6. The van der Waals surface area contributed by atoms with Gasteiger partial charge < -0.3 is 9.47 Å². The van der Waals surface area contributed by atoms with Gasteiger partial charge in [0.2, 0.25) is 0 Å². The molecule has 0 spiro atoms. The molecule has 0 amide bonds. The predicted octanol–water partition coefficient (Wildman–Crippen LogP) is 22.9. The number of benzene rings is 4. The zero-order valence-electron chi connectivity index (χ0n) is 58.9. The van der Waals surface area contributed by atoms with E-state index < -0.39 is 61.1 Å². The average molecular weight is 2350 g/mol. The molecule has 0 heterocycles. The number of hydrogen-bond donors (Lipinski definition) is 0. The van der Waals surface area contributed by atoms with Gasteiger partial charge in [0, 0.05) is 56.4 Å². The van der Waals surface area contributed by atoms with Gasteiger partial charge in [0.1, 0.15) is 13.2 Å². The molecular formula is C72H97BrI7O12S4V2. The molecule has 547 valence electrons. The maximum absolute atomic E-state index is 14.4. The molecule has 4 aromatic rings. The fourth-order valence-corrected chi connectivity index (χ4v) is 19.1. The molecule has 0 N–H and O–H groups in total. The van der Waals surface area contributed by atoms with Crippen molar-refractivity contribution in [3.05, 3.63) is 188 Å². The van der Waals surface area contributed by atoms with Crippen LogP contribution in [0, 0.1) is 38.5 Å². The topological polar surface area (TPSA) is 189 Å². The molecule has 0 saturated carbocycles. The Morgan fingerprint density at radius 1 is 0.500 bits per heavy atom. The Morgan fingerprint density at radius 3 is 1.11 bits per heavy atom. The van der Waals surface area contributed by atoms with Gasteiger partial charge in [0.25, 0.3) is 0 Å². The summed E-state index contributed by atoms with van der Waals surface area (Å²) in [5, 5.41) is -1.65. The molecule has 3 atom stereocenters. The van der Waals surface area contributed by atoms with Gasteiger partial charge in [-0.25, -0.2) is 33.7 Å². The quantitative estimate of drug-likeness (QED) is 0.0296. The zero-order chi connectivity index (χ0) is 75.2. The van der Waals surface area contributed by atoms with Gasteiger partial charge in [-0.2, -0.15) is 0 Å². The summed E-state index contributed by atoms with van der Waals surface area (Å²) in [6.07, 6.45) is 13.2. The van der Waals surface area contributed by atoms with E-state index in [2.05, 4.69) is 192 Å². The summed E-state index contributed by atoms with van der Waals surface area (Å²) in [6, 6.07) is 27.6. The van der Waals surface area contributed by atoms with Crippen LogP contribution in [0.3, 0.4) is 0 Å². The Kier molecular flexibility index (Phi) is 47.0. The second-order valence-corrected chi connectivity index (χ2v) is 82.0. The van der Waals surface area contributed by atoms with Crippen LogP contribution >= 0.6 is 153 Å². The van der Waals surface area contributed by atoms with Crippen LogP contribution in [0.5, 0.6) is 0 Å². The van der Waals surface area contributed by atoms with Crippen LogP contribution in [0.4, 0.5) is 0 Å². The Hall–Kier alpha value is 0.819. The number of aryl methyl sites for hydroxylation is 4. The van der Waals surface area contributed by atoms with Crippen molar-refractivity contribution in [1.29, 1.82) is 0 Å². The van der Waals surface area contributed by atoms with E-state index >= 15 is 0 Å². The summed E-state index contributed by atoms with van der Waals surface area (Å²) >= 11 is 19.6. The molecule has 0 aliphatic heterocycles. The molecule has 0 radical (unpaired) electrons. The first kappa shape index (κ1) is 96.8. The molecule has 12 nitrogen and oxygen atoms in total. The number of ether oxygens (including phenoxy) is 2. The number of allylic oxidation sites excluding steroid dienone is 6. The third kappa shape index (κ3) is 34.4. The molecule has 98 heavy (non-hydrogen) atoms. The number of alkyl halides is 1. The van der Waals surface area contributed by atoms with Gasteiger partial charge in [-0.3, -0.25) is 9.59 Å². The summed E-state index contributed by atoms with van der Waals surface area (Å²) < 4.78 is 120. The summed E-state index contributed by atoms with van der Waals surface area (Å²) in [4.78, 5) is 22.3. The molecule has 6 rings (SSSR count). The van der Waals surface area contributed by atoms with E-state index in [1.807, 2.05) is 92.7 Å². The Morgan fingerprint density at radius 2 is 0.796 bits per heavy atom. The molecule has 0 saturated heterocycles. The standard InChI is InChI=1S/C36H48O6S2.C29H38O4S2.C7H11BrO2.I2.5HI.2V/c1-25-11-15-31(16-12-25)43(38,39)33(22-27(3)19-21-42-30(6)37)23-28(4)24-34(35-29(5)10-9-20-36(35,7)8)44(40,41)32-17-13-26(2)14-18-32;1-21-9-13-25(14-10-21)34(30,31)19-17-23(3)20-27(28-24(4)8-7-18-29(28,5)6)35(32,33)26-15-11-22(2)12-16-26;1-6(5-8)3-4-10-7(2)9;1-2;;;;;;;/h11-19,23,33-34H,9-10,20-22,24H2,1-8H3;9-17,27H,7-8,18-20H2,1-6H3;3H,4-5H2,1-2H3;;5*1H;;/q;;;;;;;;;+2;+3/p-5. The molecule has 3 unspecified atom stereocenters. The predicted molar refractivity (Wildman–Crippen MR) is 464 cm³/mol. The van der Waals surface area contributed by atoms with E-state index in [4.69, 9.17) is 4.74 Å². The first-order valence-corrected chi connectivity index (χ1v) is 67.7. The third-order valence-electron chi connectivity index (χ3n) is 16.6. The van der Waals surface area contributed by atoms with Crippen LogP contribution in [0.1, 0.15) is 163 Å². The van der Waals surface area contributed by atoms with E-state index in [1.54, 1.807) is 91.0 Å². The fraction of sp³-hybridized carbons (Fsp3) is 0.472. The van der Waals surface area contributed by atoms with Gasteiger partial charge in [0.05, 0.1) is 41.1 Å². The Bertz CT molecular complexity index is 3870. The molecule has 0 aromatic heterocycles. The van der Waals surface area contributed by atoms with Crippen molar-refractivity contribution in [2.45, 2.75) is 204 Å². The molecule has 2 aliphatic rings. The fourth-order valence-electron chi connectivity index (χ4n) is 11.6. The van der Waals surface area contributed by atoms with Crippen LogP contribution in [-0.2, 0) is 72.8 Å². The van der Waals surface area contributed by atoms with E-state index in [9.17, 15) is 43.3 Å². The molecule has 2 aliphatic carbocycles. The average Bonchev–Trinajstić information content (AvgIpc) is 0.767. The van der Waals surface area contributed by atoms with Crippen molar-refractivity contribution in [2.75, 3.05) is 24.3 Å². The summed E-state index contributed by atoms with van der Waals surface area (Å²) in [5.74, 6) is -0.802. The normalized spacial score (nSPS) is 16.1. The minimum atomic E-state index is -3.82. The maximum atomic E-state index is 14.4. The first-order valence-electron chi connectivity index (χ1n) is 31.4. The number of halogens is 8. The van der Waals surface area contributed by atoms with Gasteiger partial charge in [0.15, 0.2) is 39.3 Å². The van der Waals surface area contributed by atoms with E-state index in [0.717, 1.165) is 99.5 Å². The van der Waals surface area contributed by atoms with Crippen molar-refractivity contribution in [2.24, 2.45) is 10.8 Å². The number of rotatable bonds is 23. The summed E-state index contributed by atoms with van der Waals surface area (Å²) in [7, 11) is -14.2. The first-order chi connectivity index (χ1) is 45.5. The summed E-state index contributed by atoms with van der Waals surface area (Å²) in [5.41, 5.74) is 10.9.